The maximum atomic E-state index is 12.1. The Hall–Kier alpha value is -1.90. The number of ketones is 1. The molecular weight excluding hydrogens is 212 g/mol. The lowest BCUT2D eigenvalue weighted by Crippen LogP contribution is -2.09. The van der Waals surface area contributed by atoms with Gasteiger partial charge in [-0.15, -0.1) is 0 Å². The highest BCUT2D eigenvalue weighted by Crippen LogP contribution is 2.23. The van der Waals surface area contributed by atoms with E-state index in [1.807, 2.05) is 12.3 Å². The first-order valence-electron chi connectivity index (χ1n) is 5.94. The predicted molar refractivity (Wildman–Crippen MR) is 65.0 cm³/mol. The van der Waals surface area contributed by atoms with Crippen LogP contribution in [0, 0.1) is 0 Å². The van der Waals surface area contributed by atoms with Crippen LogP contribution in [-0.4, -0.2) is 15.3 Å². The van der Waals surface area contributed by atoms with Crippen molar-refractivity contribution in [2.24, 2.45) is 0 Å². The van der Waals surface area contributed by atoms with Gasteiger partial charge < -0.3 is 4.57 Å². The Morgan fingerprint density at radius 1 is 1.29 bits per heavy atom. The van der Waals surface area contributed by atoms with E-state index in [2.05, 4.69) is 17.1 Å². The number of carbonyl (C=O) groups is 1. The number of nitrogens with zero attached hydrogens (tertiary/aromatic N) is 2. The van der Waals surface area contributed by atoms with E-state index in [4.69, 9.17) is 0 Å². The molecule has 17 heavy (non-hydrogen) atoms. The summed E-state index contributed by atoms with van der Waals surface area (Å²) in [6, 6.07) is 6.11. The van der Waals surface area contributed by atoms with Crippen LogP contribution in [0.3, 0.4) is 0 Å². The van der Waals surface area contributed by atoms with Crippen LogP contribution in [0.15, 0.2) is 36.9 Å². The molecule has 0 spiro atoms. The van der Waals surface area contributed by atoms with E-state index in [0.717, 1.165) is 18.4 Å². The fraction of sp³-hybridized carbons (Fsp3) is 0.286. The molecule has 1 aromatic heterocycles. The van der Waals surface area contributed by atoms with Crippen molar-refractivity contribution in [3.05, 3.63) is 53.6 Å². The molecule has 2 aromatic rings. The highest BCUT2D eigenvalue weighted by Gasteiger charge is 2.13. The SMILES string of the molecule is O=C(Cn1ccnc1)c1ccc2c(c1)CCC2. The van der Waals surface area contributed by atoms with E-state index in [-0.39, 0.29) is 5.78 Å². The van der Waals surface area contributed by atoms with Gasteiger partial charge in [-0.2, -0.15) is 0 Å². The zero-order chi connectivity index (χ0) is 11.7. The average Bonchev–Trinajstić information content (AvgIpc) is 2.97. The highest BCUT2D eigenvalue weighted by atomic mass is 16.1. The molecule has 0 bridgehead atoms. The van der Waals surface area contributed by atoms with Gasteiger partial charge in [0.25, 0.3) is 0 Å². The Kier molecular flexibility index (Phi) is 2.52. The van der Waals surface area contributed by atoms with E-state index >= 15 is 0 Å². The number of aromatic nitrogens is 2. The van der Waals surface area contributed by atoms with E-state index in [0.29, 0.717) is 6.54 Å². The molecule has 0 radical (unpaired) electrons. The summed E-state index contributed by atoms with van der Waals surface area (Å²) in [7, 11) is 0. The zero-order valence-corrected chi connectivity index (χ0v) is 9.60. The smallest absolute Gasteiger partial charge is 0.182 e. The standard InChI is InChI=1S/C14H14N2O/c17-14(9-16-7-6-15-10-16)13-5-4-11-2-1-3-12(11)8-13/h4-8,10H,1-3,9H2. The minimum atomic E-state index is 0.151. The Bertz CT molecular complexity index is 543. The number of benzene rings is 1. The molecule has 1 aliphatic rings. The molecule has 0 saturated carbocycles. The number of Topliss-reactive ketones (excluding diaryl/α,β-unsaturated/α-hetero) is 1. The van der Waals surface area contributed by atoms with Gasteiger partial charge in [-0.1, -0.05) is 12.1 Å². The van der Waals surface area contributed by atoms with Crippen molar-refractivity contribution >= 4 is 5.78 Å². The van der Waals surface area contributed by atoms with Gasteiger partial charge in [-0.25, -0.2) is 4.98 Å². The number of hydrogen-bond acceptors (Lipinski definition) is 2. The predicted octanol–water partition coefficient (Wildman–Crippen LogP) is 2.25. The summed E-state index contributed by atoms with van der Waals surface area (Å²) in [5.41, 5.74) is 3.57. The minimum Gasteiger partial charge on any atom is -0.330 e. The lowest BCUT2D eigenvalue weighted by atomic mass is 10.0. The Balaban J connectivity index is 1.82. The molecular formula is C14H14N2O. The summed E-state index contributed by atoms with van der Waals surface area (Å²) in [6.45, 7) is 0.374. The van der Waals surface area contributed by atoms with Gasteiger partial charge in [0.1, 0.15) is 0 Å². The van der Waals surface area contributed by atoms with Crippen LogP contribution < -0.4 is 0 Å². The summed E-state index contributed by atoms with van der Waals surface area (Å²) in [4.78, 5) is 16.0. The molecule has 0 saturated heterocycles. The summed E-state index contributed by atoms with van der Waals surface area (Å²) in [5.74, 6) is 0.151. The van der Waals surface area contributed by atoms with Crippen molar-refractivity contribution in [2.75, 3.05) is 0 Å². The summed E-state index contributed by atoms with van der Waals surface area (Å²) >= 11 is 0. The van der Waals surface area contributed by atoms with Crippen molar-refractivity contribution in [2.45, 2.75) is 25.8 Å². The van der Waals surface area contributed by atoms with E-state index in [1.54, 1.807) is 17.1 Å². The molecule has 0 atom stereocenters. The second-order valence-corrected chi connectivity index (χ2v) is 4.50. The number of aryl methyl sites for hydroxylation is 2. The van der Waals surface area contributed by atoms with Crippen LogP contribution in [0.2, 0.25) is 0 Å². The second-order valence-electron chi connectivity index (χ2n) is 4.50. The fourth-order valence-corrected chi connectivity index (χ4v) is 2.38. The molecule has 3 nitrogen and oxygen atoms in total. The first kappa shape index (κ1) is 10.3. The maximum Gasteiger partial charge on any atom is 0.182 e. The number of rotatable bonds is 3. The second kappa shape index (κ2) is 4.17. The lowest BCUT2D eigenvalue weighted by molar-refractivity contribution is 0.0972. The van der Waals surface area contributed by atoms with Crippen LogP contribution in [0.5, 0.6) is 0 Å². The normalized spacial score (nSPS) is 13.6. The van der Waals surface area contributed by atoms with Gasteiger partial charge in [0.15, 0.2) is 5.78 Å². The van der Waals surface area contributed by atoms with Crippen molar-refractivity contribution in [1.29, 1.82) is 0 Å². The third-order valence-electron chi connectivity index (χ3n) is 3.31. The van der Waals surface area contributed by atoms with E-state index in [1.165, 1.54) is 17.5 Å². The molecule has 0 amide bonds. The number of hydrogen-bond donors (Lipinski definition) is 0. The fourth-order valence-electron chi connectivity index (χ4n) is 2.38. The first-order chi connectivity index (χ1) is 8.33. The van der Waals surface area contributed by atoms with Gasteiger partial charge in [0.2, 0.25) is 0 Å². The topological polar surface area (TPSA) is 34.9 Å². The molecule has 86 valence electrons. The molecule has 1 heterocycles. The lowest BCUT2D eigenvalue weighted by Gasteiger charge is -2.05. The molecule has 3 heteroatoms. The van der Waals surface area contributed by atoms with Gasteiger partial charge >= 0.3 is 0 Å². The van der Waals surface area contributed by atoms with Crippen LogP contribution in [0.1, 0.15) is 27.9 Å². The van der Waals surface area contributed by atoms with Gasteiger partial charge in [-0.05, 0) is 36.5 Å². The van der Waals surface area contributed by atoms with E-state index < -0.39 is 0 Å². The van der Waals surface area contributed by atoms with Crippen molar-refractivity contribution in [1.82, 2.24) is 9.55 Å². The van der Waals surface area contributed by atoms with Gasteiger partial charge in [0.05, 0.1) is 12.9 Å². The molecule has 0 fully saturated rings. The zero-order valence-electron chi connectivity index (χ0n) is 9.60. The minimum absolute atomic E-state index is 0.151. The average molecular weight is 226 g/mol. The Labute approximate surface area is 100 Å². The number of fused-ring (bicyclic) bond motifs is 1. The maximum absolute atomic E-state index is 12.1. The molecule has 0 N–H and O–H groups in total. The summed E-state index contributed by atoms with van der Waals surface area (Å²) < 4.78 is 1.80. The summed E-state index contributed by atoms with van der Waals surface area (Å²) in [6.07, 6.45) is 8.66. The summed E-state index contributed by atoms with van der Waals surface area (Å²) in [5, 5.41) is 0. The first-order valence-corrected chi connectivity index (χ1v) is 5.94. The highest BCUT2D eigenvalue weighted by molar-refractivity contribution is 5.96. The number of imidazole rings is 1. The molecule has 1 aliphatic carbocycles. The number of carbonyl (C=O) groups excluding carboxylic acids is 1. The van der Waals surface area contributed by atoms with Gasteiger partial charge in [-0.3, -0.25) is 4.79 Å². The monoisotopic (exact) mass is 226 g/mol. The quantitative estimate of drug-likeness (QED) is 0.752. The van der Waals surface area contributed by atoms with Crippen LogP contribution in [0.4, 0.5) is 0 Å². The Morgan fingerprint density at radius 2 is 2.18 bits per heavy atom. The van der Waals surface area contributed by atoms with Crippen LogP contribution in [0.25, 0.3) is 0 Å². The molecule has 0 unspecified atom stereocenters. The van der Waals surface area contributed by atoms with Crippen LogP contribution in [-0.2, 0) is 19.4 Å². The Morgan fingerprint density at radius 3 is 3.00 bits per heavy atom. The molecule has 3 rings (SSSR count). The van der Waals surface area contributed by atoms with Crippen molar-refractivity contribution < 1.29 is 4.79 Å². The van der Waals surface area contributed by atoms with Crippen molar-refractivity contribution in [3.8, 4) is 0 Å². The van der Waals surface area contributed by atoms with Crippen LogP contribution >= 0.6 is 0 Å². The molecule has 1 aromatic carbocycles. The third-order valence-corrected chi connectivity index (χ3v) is 3.31. The third kappa shape index (κ3) is 2.00. The van der Waals surface area contributed by atoms with Gasteiger partial charge in [0, 0.05) is 18.0 Å². The largest absolute Gasteiger partial charge is 0.330 e. The van der Waals surface area contributed by atoms with Crippen molar-refractivity contribution in [3.63, 3.8) is 0 Å². The van der Waals surface area contributed by atoms with E-state index in [9.17, 15) is 4.79 Å². The molecule has 0 aliphatic heterocycles.